The largest absolute Gasteiger partial charge is 0.348 e. The number of hydrogen-bond acceptors (Lipinski definition) is 1. The molecule has 0 radical (unpaired) electrons. The highest BCUT2D eigenvalue weighted by molar-refractivity contribution is 6.42. The molecule has 108 valence electrons. The minimum atomic E-state index is -0.172. The van der Waals surface area contributed by atoms with Crippen molar-refractivity contribution in [3.63, 3.8) is 0 Å². The Morgan fingerprint density at radius 1 is 1.14 bits per heavy atom. The van der Waals surface area contributed by atoms with Crippen molar-refractivity contribution in [3.05, 3.63) is 81.9 Å². The van der Waals surface area contributed by atoms with E-state index in [0.29, 0.717) is 28.6 Å². The lowest BCUT2D eigenvalue weighted by Crippen LogP contribution is -2.24. The summed E-state index contributed by atoms with van der Waals surface area (Å²) in [6, 6.07) is 13.0. The van der Waals surface area contributed by atoms with Crippen molar-refractivity contribution in [2.45, 2.75) is 13.0 Å². The zero-order valence-corrected chi connectivity index (χ0v) is 12.9. The zero-order valence-electron chi connectivity index (χ0n) is 11.4. The summed E-state index contributed by atoms with van der Waals surface area (Å²) in [4.78, 5) is 12.3. The van der Waals surface area contributed by atoms with E-state index in [-0.39, 0.29) is 5.91 Å². The highest BCUT2D eigenvalue weighted by Crippen LogP contribution is 2.26. The Morgan fingerprint density at radius 3 is 2.48 bits per heavy atom. The summed E-state index contributed by atoms with van der Waals surface area (Å²) in [5.74, 6) is -0.172. The van der Waals surface area contributed by atoms with E-state index in [9.17, 15) is 4.79 Å². The molecular formula is C17H15Cl2NO. The summed E-state index contributed by atoms with van der Waals surface area (Å²) in [6.07, 6.45) is 2.29. The van der Waals surface area contributed by atoms with Gasteiger partial charge >= 0.3 is 0 Å². The van der Waals surface area contributed by atoms with Gasteiger partial charge in [-0.1, -0.05) is 59.6 Å². The molecule has 0 aliphatic heterocycles. The van der Waals surface area contributed by atoms with Crippen LogP contribution in [0, 0.1) is 0 Å². The van der Waals surface area contributed by atoms with Crippen LogP contribution in [0.5, 0.6) is 0 Å². The van der Waals surface area contributed by atoms with Gasteiger partial charge in [-0.05, 0) is 29.7 Å². The Morgan fingerprint density at radius 2 is 1.81 bits per heavy atom. The first-order chi connectivity index (χ1) is 10.1. The van der Waals surface area contributed by atoms with E-state index in [4.69, 9.17) is 23.2 Å². The number of benzene rings is 2. The van der Waals surface area contributed by atoms with Gasteiger partial charge in [0.05, 0.1) is 10.0 Å². The summed E-state index contributed by atoms with van der Waals surface area (Å²) in [5, 5.41) is 3.69. The highest BCUT2D eigenvalue weighted by atomic mass is 35.5. The van der Waals surface area contributed by atoms with Gasteiger partial charge < -0.3 is 5.32 Å². The van der Waals surface area contributed by atoms with E-state index in [2.05, 4.69) is 11.9 Å². The van der Waals surface area contributed by atoms with Crippen molar-refractivity contribution < 1.29 is 4.79 Å². The molecule has 2 aromatic carbocycles. The van der Waals surface area contributed by atoms with E-state index < -0.39 is 0 Å². The maximum atomic E-state index is 12.3. The Labute approximate surface area is 134 Å². The average Bonchev–Trinajstić information content (AvgIpc) is 2.49. The Kier molecular flexibility index (Phi) is 5.43. The Bertz CT molecular complexity index is 653. The van der Waals surface area contributed by atoms with Crippen molar-refractivity contribution in [3.8, 4) is 0 Å². The van der Waals surface area contributed by atoms with Crippen molar-refractivity contribution in [2.75, 3.05) is 0 Å². The van der Waals surface area contributed by atoms with Crippen LogP contribution < -0.4 is 5.32 Å². The van der Waals surface area contributed by atoms with Crippen LogP contribution >= 0.6 is 23.2 Å². The molecule has 0 spiro atoms. The number of nitrogens with one attached hydrogen (secondary N) is 1. The van der Waals surface area contributed by atoms with E-state index in [1.807, 2.05) is 30.3 Å². The van der Waals surface area contributed by atoms with Gasteiger partial charge in [0.2, 0.25) is 0 Å². The van der Waals surface area contributed by atoms with Crippen molar-refractivity contribution in [2.24, 2.45) is 0 Å². The topological polar surface area (TPSA) is 29.1 Å². The number of allylic oxidation sites excluding steroid dienone is 1. The average molecular weight is 320 g/mol. The highest BCUT2D eigenvalue weighted by Gasteiger charge is 2.13. The van der Waals surface area contributed by atoms with E-state index >= 15 is 0 Å². The monoisotopic (exact) mass is 319 g/mol. The number of carbonyl (C=O) groups is 1. The van der Waals surface area contributed by atoms with Crippen molar-refractivity contribution >= 4 is 29.1 Å². The molecular weight excluding hydrogens is 305 g/mol. The second-order valence-corrected chi connectivity index (χ2v) is 5.40. The maximum absolute atomic E-state index is 12.3. The molecule has 1 amide bonds. The van der Waals surface area contributed by atoms with Gasteiger partial charge in [-0.15, -0.1) is 6.58 Å². The second kappa shape index (κ2) is 7.30. The molecule has 2 nitrogen and oxygen atoms in total. The lowest BCUT2D eigenvalue weighted by Gasteiger charge is -2.11. The predicted molar refractivity (Wildman–Crippen MR) is 88.0 cm³/mol. The SMILES string of the molecule is C=CCc1cc(Cl)c(Cl)cc1C(=O)NCc1ccccc1. The lowest BCUT2D eigenvalue weighted by molar-refractivity contribution is 0.0950. The summed E-state index contributed by atoms with van der Waals surface area (Å²) in [6.45, 7) is 4.16. The summed E-state index contributed by atoms with van der Waals surface area (Å²) >= 11 is 12.0. The zero-order chi connectivity index (χ0) is 15.2. The van der Waals surface area contributed by atoms with Gasteiger partial charge in [-0.3, -0.25) is 4.79 Å². The molecule has 0 atom stereocenters. The maximum Gasteiger partial charge on any atom is 0.251 e. The second-order valence-electron chi connectivity index (χ2n) is 4.58. The number of amides is 1. The van der Waals surface area contributed by atoms with Crippen LogP contribution in [0.1, 0.15) is 21.5 Å². The molecule has 0 heterocycles. The first-order valence-electron chi connectivity index (χ1n) is 6.52. The van der Waals surface area contributed by atoms with Crippen LogP contribution in [0.15, 0.2) is 55.1 Å². The van der Waals surface area contributed by atoms with Crippen LogP contribution in [0.25, 0.3) is 0 Å². The molecule has 0 saturated carbocycles. The molecule has 0 fully saturated rings. The normalized spacial score (nSPS) is 10.2. The van der Waals surface area contributed by atoms with Crippen molar-refractivity contribution in [1.29, 1.82) is 0 Å². The summed E-state index contributed by atoms with van der Waals surface area (Å²) in [7, 11) is 0. The first kappa shape index (κ1) is 15.6. The molecule has 0 bridgehead atoms. The van der Waals surface area contributed by atoms with Crippen molar-refractivity contribution in [1.82, 2.24) is 5.32 Å². The third-order valence-corrected chi connectivity index (χ3v) is 3.77. The van der Waals surface area contributed by atoms with Crippen LogP contribution in [0.2, 0.25) is 10.0 Å². The summed E-state index contributed by atoms with van der Waals surface area (Å²) in [5.41, 5.74) is 2.38. The fraction of sp³-hybridized carbons (Fsp3) is 0.118. The molecule has 0 aromatic heterocycles. The molecule has 2 aromatic rings. The van der Waals surface area contributed by atoms with E-state index in [0.717, 1.165) is 11.1 Å². The lowest BCUT2D eigenvalue weighted by atomic mass is 10.0. The van der Waals surface area contributed by atoms with Crippen LogP contribution in [0.4, 0.5) is 0 Å². The Balaban J connectivity index is 2.18. The molecule has 21 heavy (non-hydrogen) atoms. The van der Waals surface area contributed by atoms with Crippen LogP contribution in [-0.2, 0) is 13.0 Å². The van der Waals surface area contributed by atoms with E-state index in [1.54, 1.807) is 18.2 Å². The molecule has 0 aliphatic carbocycles. The minimum absolute atomic E-state index is 0.172. The number of hydrogen-bond donors (Lipinski definition) is 1. The van der Waals surface area contributed by atoms with Gasteiger partial charge in [0.25, 0.3) is 5.91 Å². The number of rotatable bonds is 5. The van der Waals surface area contributed by atoms with E-state index in [1.165, 1.54) is 0 Å². The van der Waals surface area contributed by atoms with Gasteiger partial charge in [0, 0.05) is 12.1 Å². The molecule has 4 heteroatoms. The van der Waals surface area contributed by atoms with Crippen LogP contribution in [0.3, 0.4) is 0 Å². The van der Waals surface area contributed by atoms with Gasteiger partial charge in [0.1, 0.15) is 0 Å². The first-order valence-corrected chi connectivity index (χ1v) is 7.28. The van der Waals surface area contributed by atoms with Gasteiger partial charge in [0.15, 0.2) is 0 Å². The smallest absolute Gasteiger partial charge is 0.251 e. The molecule has 1 N–H and O–H groups in total. The molecule has 0 unspecified atom stereocenters. The van der Waals surface area contributed by atoms with Crippen LogP contribution in [-0.4, -0.2) is 5.91 Å². The quantitative estimate of drug-likeness (QED) is 0.798. The molecule has 2 rings (SSSR count). The fourth-order valence-corrected chi connectivity index (χ4v) is 2.35. The number of halogens is 2. The predicted octanol–water partition coefficient (Wildman–Crippen LogP) is 4.65. The van der Waals surface area contributed by atoms with Gasteiger partial charge in [-0.2, -0.15) is 0 Å². The third-order valence-electron chi connectivity index (χ3n) is 3.05. The minimum Gasteiger partial charge on any atom is -0.348 e. The molecule has 0 aliphatic rings. The third kappa shape index (κ3) is 4.10. The standard InChI is InChI=1S/C17H15Cl2NO/c1-2-6-13-9-15(18)16(19)10-14(13)17(21)20-11-12-7-4-3-5-8-12/h2-5,7-10H,1,6,11H2,(H,20,21). The molecule has 0 saturated heterocycles. The Hall–Kier alpha value is -1.77. The fourth-order valence-electron chi connectivity index (χ4n) is 2.00. The van der Waals surface area contributed by atoms with Gasteiger partial charge in [-0.25, -0.2) is 0 Å². The summed E-state index contributed by atoms with van der Waals surface area (Å²) < 4.78 is 0. The number of carbonyl (C=O) groups excluding carboxylic acids is 1.